The molecule has 0 radical (unpaired) electrons. The van der Waals surface area contributed by atoms with Gasteiger partial charge in [-0.15, -0.1) is 11.8 Å². The van der Waals surface area contributed by atoms with E-state index in [0.717, 1.165) is 27.3 Å². The lowest BCUT2D eigenvalue weighted by atomic mass is 9.96. The molecular weight excluding hydrogens is 377 g/mol. The van der Waals surface area contributed by atoms with Crippen molar-refractivity contribution >= 4 is 17.7 Å². The van der Waals surface area contributed by atoms with Crippen molar-refractivity contribution in [3.8, 4) is 11.1 Å². The van der Waals surface area contributed by atoms with Gasteiger partial charge in [0.25, 0.3) is 5.56 Å². The van der Waals surface area contributed by atoms with Crippen LogP contribution in [0.15, 0.2) is 70.5 Å². The largest absolute Gasteiger partial charge is 0.467 e. The molecule has 4 nitrogen and oxygen atoms in total. The highest BCUT2D eigenvalue weighted by atomic mass is 32.2. The van der Waals surface area contributed by atoms with Gasteiger partial charge in [0.05, 0.1) is 12.1 Å². The van der Waals surface area contributed by atoms with Gasteiger partial charge < -0.3 is 4.74 Å². The first-order valence-electron chi connectivity index (χ1n) is 8.87. The van der Waals surface area contributed by atoms with Crippen LogP contribution in [-0.2, 0) is 16.0 Å². The van der Waals surface area contributed by atoms with Crippen molar-refractivity contribution in [1.82, 2.24) is 4.57 Å². The minimum Gasteiger partial charge on any atom is -0.467 e. The summed E-state index contributed by atoms with van der Waals surface area (Å²) in [5, 5.41) is 0.770. The van der Waals surface area contributed by atoms with Gasteiger partial charge in [-0.2, -0.15) is 0 Å². The number of thioether (sulfide) groups is 1. The molecule has 3 aromatic rings. The van der Waals surface area contributed by atoms with E-state index < -0.39 is 12.0 Å². The summed E-state index contributed by atoms with van der Waals surface area (Å²) < 4.78 is 19.7. The van der Waals surface area contributed by atoms with Gasteiger partial charge in [-0.1, -0.05) is 42.5 Å². The van der Waals surface area contributed by atoms with E-state index in [4.69, 9.17) is 4.74 Å². The molecule has 2 aromatic carbocycles. The molecule has 0 saturated carbocycles. The Kier molecular flexibility index (Phi) is 5.05. The zero-order valence-electron chi connectivity index (χ0n) is 15.2. The molecule has 28 heavy (non-hydrogen) atoms. The van der Waals surface area contributed by atoms with E-state index in [-0.39, 0.29) is 11.4 Å². The zero-order chi connectivity index (χ0) is 19.7. The molecule has 142 valence electrons. The molecule has 0 saturated heterocycles. The molecule has 1 aliphatic heterocycles. The Morgan fingerprint density at radius 1 is 1.18 bits per heavy atom. The van der Waals surface area contributed by atoms with Crippen molar-refractivity contribution in [2.24, 2.45) is 0 Å². The normalized spacial score (nSPS) is 15.3. The molecule has 0 fully saturated rings. The summed E-state index contributed by atoms with van der Waals surface area (Å²) in [6, 6.07) is 17.0. The van der Waals surface area contributed by atoms with E-state index in [0.29, 0.717) is 12.2 Å². The fourth-order valence-electron chi connectivity index (χ4n) is 3.50. The Balaban J connectivity index is 1.89. The third-order valence-corrected chi connectivity index (χ3v) is 5.98. The van der Waals surface area contributed by atoms with Crippen molar-refractivity contribution in [2.45, 2.75) is 17.5 Å². The molecule has 2 heterocycles. The highest BCUT2D eigenvalue weighted by Crippen LogP contribution is 2.41. The molecule has 0 N–H and O–H groups in total. The van der Waals surface area contributed by atoms with Crippen molar-refractivity contribution < 1.29 is 13.9 Å². The maximum absolute atomic E-state index is 13.3. The highest BCUT2D eigenvalue weighted by molar-refractivity contribution is 7.99. The predicted molar refractivity (Wildman–Crippen MR) is 107 cm³/mol. The molecule has 0 amide bonds. The van der Waals surface area contributed by atoms with Gasteiger partial charge in [-0.05, 0) is 35.2 Å². The van der Waals surface area contributed by atoms with E-state index in [1.54, 1.807) is 18.2 Å². The maximum Gasteiger partial charge on any atom is 0.329 e. The lowest BCUT2D eigenvalue weighted by Crippen LogP contribution is -2.30. The van der Waals surface area contributed by atoms with E-state index in [2.05, 4.69) is 0 Å². The first kappa shape index (κ1) is 18.5. The zero-order valence-corrected chi connectivity index (χ0v) is 16.0. The van der Waals surface area contributed by atoms with Gasteiger partial charge in [0.15, 0.2) is 0 Å². The lowest BCUT2D eigenvalue weighted by Gasteiger charge is -2.17. The van der Waals surface area contributed by atoms with Crippen LogP contribution in [-0.4, -0.2) is 23.4 Å². The first-order valence-corrected chi connectivity index (χ1v) is 9.86. The van der Waals surface area contributed by atoms with Crippen LogP contribution in [0.2, 0.25) is 0 Å². The number of ether oxygens (including phenoxy) is 1. The Morgan fingerprint density at radius 3 is 2.57 bits per heavy atom. The van der Waals surface area contributed by atoms with E-state index in [9.17, 15) is 14.0 Å². The average Bonchev–Trinajstić information content (AvgIpc) is 3.15. The van der Waals surface area contributed by atoms with Gasteiger partial charge in [-0.25, -0.2) is 9.18 Å². The Morgan fingerprint density at radius 2 is 1.89 bits per heavy atom. The van der Waals surface area contributed by atoms with Crippen LogP contribution < -0.4 is 5.56 Å². The number of hydrogen-bond acceptors (Lipinski definition) is 4. The van der Waals surface area contributed by atoms with Crippen LogP contribution in [0, 0.1) is 5.82 Å². The fourth-order valence-corrected chi connectivity index (χ4v) is 4.85. The first-order chi connectivity index (χ1) is 13.6. The summed E-state index contributed by atoms with van der Waals surface area (Å²) in [7, 11) is 1.33. The third kappa shape index (κ3) is 3.36. The van der Waals surface area contributed by atoms with Crippen molar-refractivity contribution in [3.63, 3.8) is 0 Å². The number of halogens is 1. The SMILES string of the molecule is COC(=O)[C@@H]1CSc2c(-c3ccccc3)c(Cc3ccc(F)cc3)cc(=O)n21. The molecule has 0 unspecified atom stereocenters. The third-order valence-electron chi connectivity index (χ3n) is 4.82. The second-order valence-electron chi connectivity index (χ2n) is 6.58. The van der Waals surface area contributed by atoms with Crippen LogP contribution in [0.3, 0.4) is 0 Å². The summed E-state index contributed by atoms with van der Waals surface area (Å²) in [6.07, 6.45) is 0.497. The summed E-state index contributed by atoms with van der Waals surface area (Å²) in [5.74, 6) is -0.252. The van der Waals surface area contributed by atoms with Gasteiger partial charge in [0.2, 0.25) is 0 Å². The molecule has 0 aliphatic carbocycles. The van der Waals surface area contributed by atoms with Crippen molar-refractivity contribution in [1.29, 1.82) is 0 Å². The number of pyridine rings is 1. The minimum atomic E-state index is -0.625. The molecular formula is C22H18FNO3S. The average molecular weight is 395 g/mol. The molecule has 1 atom stereocenters. The maximum atomic E-state index is 13.3. The van der Waals surface area contributed by atoms with Crippen LogP contribution >= 0.6 is 11.8 Å². The molecule has 0 spiro atoms. The number of aromatic nitrogens is 1. The molecule has 4 rings (SSSR count). The second kappa shape index (κ2) is 7.64. The molecule has 0 bridgehead atoms. The predicted octanol–water partition coefficient (Wildman–Crippen LogP) is 4.07. The number of carbonyl (C=O) groups is 1. The monoisotopic (exact) mass is 395 g/mol. The minimum absolute atomic E-state index is 0.229. The van der Waals surface area contributed by atoms with Crippen LogP contribution in [0.25, 0.3) is 11.1 Å². The molecule has 1 aromatic heterocycles. The fraction of sp³-hybridized carbons (Fsp3) is 0.182. The summed E-state index contributed by atoms with van der Waals surface area (Å²) >= 11 is 1.48. The van der Waals surface area contributed by atoms with E-state index in [1.807, 2.05) is 30.3 Å². The van der Waals surface area contributed by atoms with Gasteiger partial charge in [0, 0.05) is 17.4 Å². The number of methoxy groups -OCH3 is 1. The summed E-state index contributed by atoms with van der Waals surface area (Å²) in [6.45, 7) is 0. The van der Waals surface area contributed by atoms with Crippen molar-refractivity contribution in [3.05, 3.63) is 88.0 Å². The Bertz CT molecular complexity index is 1080. The standard InChI is InChI=1S/C22H18FNO3S/c1-27-22(26)18-13-28-21-20(15-5-3-2-4-6-15)16(12-19(25)24(18)21)11-14-7-9-17(23)10-8-14/h2-10,12,18H,11,13H2,1H3/t18-/m0/s1. The Hall–Kier alpha value is -2.86. The number of esters is 1. The Labute approximate surface area is 166 Å². The number of rotatable bonds is 4. The molecule has 6 heteroatoms. The lowest BCUT2D eigenvalue weighted by molar-refractivity contribution is -0.143. The van der Waals surface area contributed by atoms with Crippen LogP contribution in [0.4, 0.5) is 4.39 Å². The van der Waals surface area contributed by atoms with Gasteiger partial charge in [0.1, 0.15) is 11.9 Å². The van der Waals surface area contributed by atoms with Crippen molar-refractivity contribution in [2.75, 3.05) is 12.9 Å². The summed E-state index contributed by atoms with van der Waals surface area (Å²) in [4.78, 5) is 25.0. The number of nitrogens with zero attached hydrogens (tertiary/aromatic N) is 1. The highest BCUT2D eigenvalue weighted by Gasteiger charge is 2.33. The molecule has 1 aliphatic rings. The topological polar surface area (TPSA) is 48.3 Å². The summed E-state index contributed by atoms with van der Waals surface area (Å²) in [5.41, 5.74) is 3.44. The quantitative estimate of drug-likeness (QED) is 0.625. The van der Waals surface area contributed by atoms with Crippen LogP contribution in [0.5, 0.6) is 0 Å². The van der Waals surface area contributed by atoms with E-state index in [1.165, 1.54) is 35.6 Å². The van der Waals surface area contributed by atoms with Crippen LogP contribution in [0.1, 0.15) is 17.2 Å². The van der Waals surface area contributed by atoms with Gasteiger partial charge >= 0.3 is 5.97 Å². The van der Waals surface area contributed by atoms with Gasteiger partial charge in [-0.3, -0.25) is 9.36 Å². The van der Waals surface area contributed by atoms with E-state index >= 15 is 0 Å². The second-order valence-corrected chi connectivity index (χ2v) is 7.59. The number of benzene rings is 2. The smallest absolute Gasteiger partial charge is 0.329 e. The number of hydrogen-bond donors (Lipinski definition) is 0. The number of carbonyl (C=O) groups excluding carboxylic acids is 1. The number of fused-ring (bicyclic) bond motifs is 1.